The summed E-state index contributed by atoms with van der Waals surface area (Å²) in [4.78, 5) is 17.3. The second-order valence-corrected chi connectivity index (χ2v) is 13.9. The summed E-state index contributed by atoms with van der Waals surface area (Å²) >= 11 is 0. The maximum atomic E-state index is 12.8. The predicted molar refractivity (Wildman–Crippen MR) is 206 cm³/mol. The quantitative estimate of drug-likeness (QED) is 0.181. The maximum Gasteiger partial charge on any atom is 0.254 e. The number of rotatable bonds is 10. The zero-order chi connectivity index (χ0) is 34.2. The third-order valence-corrected chi connectivity index (χ3v) is 10.7. The standard InChI is InChI=1S/C30H34N2O2.C13H19NO.ClH/c1-31(19-25-10-6-12-28-27(25)11-7-13-29(28)34-2)17-16-22-14-15-24-20-32(21-26(24)18-22)30(33)23-8-4-3-5-9-23;1-14-9-10-5-3-7-12-11(10)6-4-8-13(12)15-2;/h3-5,7-9,11,13-15,18,25H,6,10,12,16-17,19-21H2,1-2H3;4,6,8,10,14H,3,5,7,9H2,1-2H3;1H. The van der Waals surface area contributed by atoms with E-state index in [4.69, 9.17) is 9.47 Å². The van der Waals surface area contributed by atoms with Crippen LogP contribution < -0.4 is 14.8 Å². The molecule has 0 radical (unpaired) electrons. The summed E-state index contributed by atoms with van der Waals surface area (Å²) in [5, 5.41) is 3.27. The van der Waals surface area contributed by atoms with E-state index in [0.29, 0.717) is 24.9 Å². The zero-order valence-corrected chi connectivity index (χ0v) is 31.1. The Labute approximate surface area is 305 Å². The highest BCUT2D eigenvalue weighted by atomic mass is 35.5. The predicted octanol–water partition coefficient (Wildman–Crippen LogP) is 8.20. The summed E-state index contributed by atoms with van der Waals surface area (Å²) in [6, 6.07) is 29.3. The van der Waals surface area contributed by atoms with Gasteiger partial charge in [0.2, 0.25) is 0 Å². The molecule has 0 aromatic heterocycles. The van der Waals surface area contributed by atoms with Gasteiger partial charge in [-0.05, 0) is 134 Å². The summed E-state index contributed by atoms with van der Waals surface area (Å²) < 4.78 is 11.0. The lowest BCUT2D eigenvalue weighted by Crippen LogP contribution is -2.28. The average molecular weight is 696 g/mol. The number of fused-ring (bicyclic) bond motifs is 3. The number of hydrogen-bond donors (Lipinski definition) is 1. The normalized spacial score (nSPS) is 17.4. The number of methoxy groups -OCH3 is 2. The van der Waals surface area contributed by atoms with Gasteiger partial charge in [0.05, 0.1) is 14.2 Å². The van der Waals surface area contributed by atoms with E-state index in [2.05, 4.69) is 71.9 Å². The number of nitrogens with one attached hydrogen (secondary N) is 1. The van der Waals surface area contributed by atoms with Crippen molar-refractivity contribution in [2.24, 2.45) is 0 Å². The van der Waals surface area contributed by atoms with Gasteiger partial charge in [-0.2, -0.15) is 0 Å². The molecular weight excluding hydrogens is 642 g/mol. The largest absolute Gasteiger partial charge is 0.496 e. The highest BCUT2D eigenvalue weighted by Crippen LogP contribution is 2.38. The first-order valence-corrected chi connectivity index (χ1v) is 18.1. The van der Waals surface area contributed by atoms with Gasteiger partial charge in [0.15, 0.2) is 0 Å². The molecule has 1 aliphatic heterocycles. The van der Waals surface area contributed by atoms with Gasteiger partial charge in [-0.15, -0.1) is 12.4 Å². The molecule has 7 heteroatoms. The minimum atomic E-state index is 0. The van der Waals surface area contributed by atoms with Gasteiger partial charge in [-0.3, -0.25) is 4.79 Å². The van der Waals surface area contributed by atoms with Crippen molar-refractivity contribution in [3.05, 3.63) is 129 Å². The van der Waals surface area contributed by atoms with Gasteiger partial charge in [0, 0.05) is 38.3 Å². The lowest BCUT2D eigenvalue weighted by Gasteiger charge is -2.30. The Morgan fingerprint density at radius 2 is 1.42 bits per heavy atom. The molecule has 0 spiro atoms. The fourth-order valence-corrected chi connectivity index (χ4v) is 8.16. The molecular formula is C43H54ClN3O3. The van der Waals surface area contributed by atoms with Gasteiger partial charge < -0.3 is 24.6 Å². The van der Waals surface area contributed by atoms with Crippen LogP contribution in [0.1, 0.15) is 86.8 Å². The number of amides is 1. The maximum absolute atomic E-state index is 12.8. The third-order valence-electron chi connectivity index (χ3n) is 10.7. The molecule has 0 fully saturated rings. The highest BCUT2D eigenvalue weighted by Gasteiger charge is 2.26. The van der Waals surface area contributed by atoms with Crippen molar-refractivity contribution >= 4 is 18.3 Å². The number of hydrogen-bond acceptors (Lipinski definition) is 5. The first kappa shape index (κ1) is 37.4. The molecule has 2 atom stereocenters. The Hall–Kier alpha value is -3.84. The summed E-state index contributed by atoms with van der Waals surface area (Å²) in [6.45, 7) is 4.58. The summed E-state index contributed by atoms with van der Waals surface area (Å²) in [5.41, 5.74) is 10.5. The molecule has 50 heavy (non-hydrogen) atoms. The average Bonchev–Trinajstić information content (AvgIpc) is 3.58. The monoisotopic (exact) mass is 695 g/mol. The number of nitrogens with zero attached hydrogens (tertiary/aromatic N) is 2. The highest BCUT2D eigenvalue weighted by molar-refractivity contribution is 5.94. The summed E-state index contributed by atoms with van der Waals surface area (Å²) in [7, 11) is 7.80. The van der Waals surface area contributed by atoms with E-state index in [0.717, 1.165) is 49.5 Å². The van der Waals surface area contributed by atoms with Gasteiger partial charge in [-0.1, -0.05) is 60.7 Å². The Morgan fingerprint density at radius 3 is 2.06 bits per heavy atom. The fourth-order valence-electron chi connectivity index (χ4n) is 8.16. The fraction of sp³-hybridized carbons (Fsp3) is 0.419. The van der Waals surface area contributed by atoms with E-state index in [1.54, 1.807) is 14.2 Å². The second kappa shape index (κ2) is 17.9. The SMILES string of the molecule is CNCC1CCCc2c(OC)cccc21.COc1cccc2c1CCCC2CN(C)CCc1ccc2c(c1)CN(C(=O)c1ccccc1)C2.Cl. The topological polar surface area (TPSA) is 54.0 Å². The summed E-state index contributed by atoms with van der Waals surface area (Å²) in [5.74, 6) is 3.45. The Morgan fingerprint density at radius 1 is 0.800 bits per heavy atom. The number of benzene rings is 4. The summed E-state index contributed by atoms with van der Waals surface area (Å²) in [6.07, 6.45) is 8.36. The van der Waals surface area contributed by atoms with Crippen LogP contribution >= 0.6 is 12.4 Å². The van der Waals surface area contributed by atoms with Crippen molar-refractivity contribution in [1.29, 1.82) is 0 Å². The zero-order valence-electron chi connectivity index (χ0n) is 30.3. The van der Waals surface area contributed by atoms with E-state index < -0.39 is 0 Å². The number of carbonyl (C=O) groups is 1. The van der Waals surface area contributed by atoms with Crippen LogP contribution in [0.15, 0.2) is 84.9 Å². The molecule has 0 saturated carbocycles. The van der Waals surface area contributed by atoms with Crippen LogP contribution in [0.2, 0.25) is 0 Å². The molecule has 0 bridgehead atoms. The number of carbonyl (C=O) groups excluding carboxylic acids is 1. The number of ether oxygens (including phenoxy) is 2. The molecule has 1 heterocycles. The molecule has 0 saturated heterocycles. The molecule has 4 aromatic rings. The molecule has 6 nitrogen and oxygen atoms in total. The van der Waals surface area contributed by atoms with Gasteiger partial charge >= 0.3 is 0 Å². The number of likely N-dealkylation sites (N-methyl/N-ethyl adjacent to an activating group) is 2. The number of halogens is 1. The van der Waals surface area contributed by atoms with Crippen LogP contribution in [0, 0.1) is 0 Å². The molecule has 4 aromatic carbocycles. The van der Waals surface area contributed by atoms with Crippen molar-refractivity contribution in [2.45, 2.75) is 69.9 Å². The van der Waals surface area contributed by atoms with Crippen LogP contribution in [0.25, 0.3) is 0 Å². The molecule has 2 unspecified atom stereocenters. The van der Waals surface area contributed by atoms with Gasteiger partial charge in [0.1, 0.15) is 11.5 Å². The molecule has 1 N–H and O–H groups in total. The van der Waals surface area contributed by atoms with Crippen molar-refractivity contribution in [1.82, 2.24) is 15.1 Å². The second-order valence-electron chi connectivity index (χ2n) is 13.9. The van der Waals surface area contributed by atoms with E-state index >= 15 is 0 Å². The van der Waals surface area contributed by atoms with Crippen LogP contribution in [-0.2, 0) is 32.4 Å². The smallest absolute Gasteiger partial charge is 0.254 e. The minimum absolute atomic E-state index is 0. The Balaban J connectivity index is 0.000000255. The van der Waals surface area contributed by atoms with E-state index in [1.165, 1.54) is 71.0 Å². The first-order valence-electron chi connectivity index (χ1n) is 18.1. The van der Waals surface area contributed by atoms with Crippen molar-refractivity contribution < 1.29 is 14.3 Å². The van der Waals surface area contributed by atoms with E-state index in [-0.39, 0.29) is 18.3 Å². The molecule has 2 aliphatic carbocycles. The van der Waals surface area contributed by atoms with Crippen LogP contribution in [0.5, 0.6) is 11.5 Å². The van der Waals surface area contributed by atoms with Crippen molar-refractivity contribution in [3.63, 3.8) is 0 Å². The van der Waals surface area contributed by atoms with Crippen LogP contribution in [0.4, 0.5) is 0 Å². The van der Waals surface area contributed by atoms with E-state index in [9.17, 15) is 4.79 Å². The van der Waals surface area contributed by atoms with E-state index in [1.807, 2.05) is 42.3 Å². The molecule has 7 rings (SSSR count). The Kier molecular flexibility index (Phi) is 13.4. The van der Waals surface area contributed by atoms with Crippen LogP contribution in [-0.4, -0.2) is 63.7 Å². The van der Waals surface area contributed by atoms with Gasteiger partial charge in [-0.25, -0.2) is 0 Å². The lowest BCUT2D eigenvalue weighted by atomic mass is 9.82. The van der Waals surface area contributed by atoms with Gasteiger partial charge in [0.25, 0.3) is 5.91 Å². The lowest BCUT2D eigenvalue weighted by molar-refractivity contribution is 0.0751. The molecule has 3 aliphatic rings. The molecule has 266 valence electrons. The van der Waals surface area contributed by atoms with Crippen molar-refractivity contribution in [3.8, 4) is 11.5 Å². The van der Waals surface area contributed by atoms with Crippen molar-refractivity contribution in [2.75, 3.05) is 47.9 Å². The third kappa shape index (κ3) is 8.71. The first-order chi connectivity index (χ1) is 24.0. The minimum Gasteiger partial charge on any atom is -0.496 e. The van der Waals surface area contributed by atoms with Crippen LogP contribution in [0.3, 0.4) is 0 Å². The molecule has 1 amide bonds. The Bertz CT molecular complexity index is 1710.